The molecule has 2 rings (SSSR count). The molecular formula is C16H24ClN3O2S. The zero-order chi connectivity index (χ0) is 15.9. The third-order valence-electron chi connectivity index (χ3n) is 3.54. The van der Waals surface area contributed by atoms with Gasteiger partial charge in [-0.05, 0) is 57.1 Å². The Labute approximate surface area is 147 Å². The Hall–Kier alpha value is -1.24. The van der Waals surface area contributed by atoms with Crippen LogP contribution in [-0.2, 0) is 9.59 Å². The van der Waals surface area contributed by atoms with Crippen LogP contribution in [-0.4, -0.2) is 36.2 Å². The van der Waals surface area contributed by atoms with Crippen LogP contribution in [0.4, 0.5) is 5.69 Å². The Bertz CT molecular complexity index is 519. The van der Waals surface area contributed by atoms with Crippen molar-refractivity contribution >= 4 is 41.7 Å². The van der Waals surface area contributed by atoms with Crippen molar-refractivity contribution in [2.45, 2.75) is 42.9 Å². The molecule has 1 saturated heterocycles. The zero-order valence-corrected chi connectivity index (χ0v) is 15.1. The van der Waals surface area contributed by atoms with Crippen molar-refractivity contribution in [1.29, 1.82) is 0 Å². The molecule has 7 heteroatoms. The summed E-state index contributed by atoms with van der Waals surface area (Å²) in [5.74, 6) is -0.00189. The number of hydrogen-bond acceptors (Lipinski definition) is 4. The molecule has 1 heterocycles. The number of rotatable bonds is 5. The molecular weight excluding hydrogens is 334 g/mol. The molecule has 0 aromatic heterocycles. The second-order valence-electron chi connectivity index (χ2n) is 5.50. The molecule has 0 saturated carbocycles. The first-order valence-electron chi connectivity index (χ1n) is 7.60. The van der Waals surface area contributed by atoms with E-state index < -0.39 is 0 Å². The van der Waals surface area contributed by atoms with E-state index in [0.29, 0.717) is 6.04 Å². The standard InChI is InChI=1S/C16H23N3O2S.ClH/c1-11(16(21)19-14-7-9-17-10-8-14)22-15-5-3-13(4-6-15)18-12(2)20;/h3-6,11,14,17H,7-10H2,1-2H3,(H,18,20)(H,19,21);1H. The van der Waals surface area contributed by atoms with E-state index in [4.69, 9.17) is 0 Å². The first-order chi connectivity index (χ1) is 10.5. The van der Waals surface area contributed by atoms with Gasteiger partial charge < -0.3 is 16.0 Å². The molecule has 1 aliphatic rings. The van der Waals surface area contributed by atoms with Crippen LogP contribution in [0.5, 0.6) is 0 Å². The van der Waals surface area contributed by atoms with Gasteiger partial charge in [-0.15, -0.1) is 24.2 Å². The minimum absolute atomic E-state index is 0. The summed E-state index contributed by atoms with van der Waals surface area (Å²) < 4.78 is 0. The average molecular weight is 358 g/mol. The first-order valence-corrected chi connectivity index (χ1v) is 8.48. The van der Waals surface area contributed by atoms with Crippen molar-refractivity contribution in [2.24, 2.45) is 0 Å². The number of nitrogens with one attached hydrogen (secondary N) is 3. The van der Waals surface area contributed by atoms with Gasteiger partial charge in [-0.3, -0.25) is 9.59 Å². The van der Waals surface area contributed by atoms with Crippen LogP contribution >= 0.6 is 24.2 Å². The summed E-state index contributed by atoms with van der Waals surface area (Å²) in [5, 5.41) is 9.00. The molecule has 1 unspecified atom stereocenters. The Morgan fingerprint density at radius 2 is 1.83 bits per heavy atom. The van der Waals surface area contributed by atoms with Gasteiger partial charge in [-0.2, -0.15) is 0 Å². The van der Waals surface area contributed by atoms with Crippen LogP contribution in [0.2, 0.25) is 0 Å². The molecule has 23 heavy (non-hydrogen) atoms. The fourth-order valence-corrected chi connectivity index (χ4v) is 3.24. The zero-order valence-electron chi connectivity index (χ0n) is 13.4. The van der Waals surface area contributed by atoms with E-state index in [1.807, 2.05) is 31.2 Å². The molecule has 1 fully saturated rings. The number of hydrogen-bond donors (Lipinski definition) is 3. The molecule has 2 amide bonds. The molecule has 1 atom stereocenters. The normalized spacial score (nSPS) is 16.1. The summed E-state index contributed by atoms with van der Waals surface area (Å²) in [6, 6.07) is 7.83. The van der Waals surface area contributed by atoms with E-state index in [1.165, 1.54) is 18.7 Å². The Morgan fingerprint density at radius 1 is 1.22 bits per heavy atom. The van der Waals surface area contributed by atoms with Crippen LogP contribution in [0.25, 0.3) is 0 Å². The van der Waals surface area contributed by atoms with E-state index in [1.54, 1.807) is 0 Å². The number of thioether (sulfide) groups is 1. The maximum atomic E-state index is 12.2. The third kappa shape index (κ3) is 6.81. The lowest BCUT2D eigenvalue weighted by atomic mass is 10.1. The second-order valence-corrected chi connectivity index (χ2v) is 6.91. The van der Waals surface area contributed by atoms with Gasteiger partial charge in [-0.1, -0.05) is 0 Å². The SMILES string of the molecule is CC(=O)Nc1ccc(SC(C)C(=O)NC2CCNCC2)cc1.Cl. The summed E-state index contributed by atoms with van der Waals surface area (Å²) in [5.41, 5.74) is 0.767. The fourth-order valence-electron chi connectivity index (χ4n) is 2.36. The van der Waals surface area contributed by atoms with Crippen LogP contribution < -0.4 is 16.0 Å². The van der Waals surface area contributed by atoms with Crippen LogP contribution in [0.1, 0.15) is 26.7 Å². The van der Waals surface area contributed by atoms with Gasteiger partial charge in [0.1, 0.15) is 0 Å². The highest BCUT2D eigenvalue weighted by molar-refractivity contribution is 8.00. The van der Waals surface area contributed by atoms with Crippen molar-refractivity contribution in [3.8, 4) is 0 Å². The van der Waals surface area contributed by atoms with Crippen LogP contribution in [0.3, 0.4) is 0 Å². The maximum absolute atomic E-state index is 12.2. The molecule has 1 aliphatic heterocycles. The highest BCUT2D eigenvalue weighted by Crippen LogP contribution is 2.25. The Morgan fingerprint density at radius 3 is 2.39 bits per heavy atom. The lowest BCUT2D eigenvalue weighted by molar-refractivity contribution is -0.121. The minimum atomic E-state index is -0.137. The summed E-state index contributed by atoms with van der Waals surface area (Å²) in [6.45, 7) is 5.34. The summed E-state index contributed by atoms with van der Waals surface area (Å²) in [4.78, 5) is 24.2. The number of piperidine rings is 1. The number of benzene rings is 1. The molecule has 0 radical (unpaired) electrons. The van der Waals surface area contributed by atoms with Crippen molar-refractivity contribution in [3.63, 3.8) is 0 Å². The van der Waals surface area contributed by atoms with Gasteiger partial charge >= 0.3 is 0 Å². The molecule has 5 nitrogen and oxygen atoms in total. The van der Waals surface area contributed by atoms with Crippen molar-refractivity contribution < 1.29 is 9.59 Å². The highest BCUT2D eigenvalue weighted by Gasteiger charge is 2.20. The van der Waals surface area contributed by atoms with E-state index >= 15 is 0 Å². The van der Waals surface area contributed by atoms with Gasteiger partial charge in [0.05, 0.1) is 5.25 Å². The molecule has 0 aliphatic carbocycles. The van der Waals surface area contributed by atoms with E-state index in [-0.39, 0.29) is 29.5 Å². The summed E-state index contributed by atoms with van der Waals surface area (Å²) in [6.07, 6.45) is 1.99. The van der Waals surface area contributed by atoms with Gasteiger partial charge in [0.25, 0.3) is 0 Å². The van der Waals surface area contributed by atoms with Gasteiger partial charge in [0, 0.05) is 23.5 Å². The monoisotopic (exact) mass is 357 g/mol. The molecule has 0 bridgehead atoms. The highest BCUT2D eigenvalue weighted by atomic mass is 35.5. The molecule has 3 N–H and O–H groups in total. The molecule has 128 valence electrons. The average Bonchev–Trinajstić information content (AvgIpc) is 2.49. The lowest BCUT2D eigenvalue weighted by Gasteiger charge is -2.25. The van der Waals surface area contributed by atoms with Crippen LogP contribution in [0.15, 0.2) is 29.2 Å². The van der Waals surface area contributed by atoms with Crippen molar-refractivity contribution in [1.82, 2.24) is 10.6 Å². The number of anilines is 1. The van der Waals surface area contributed by atoms with Crippen LogP contribution in [0, 0.1) is 0 Å². The number of carbonyl (C=O) groups excluding carboxylic acids is 2. The Balaban J connectivity index is 0.00000264. The predicted octanol–water partition coefficient (Wildman–Crippen LogP) is 2.42. The predicted molar refractivity (Wildman–Crippen MR) is 97.3 cm³/mol. The van der Waals surface area contributed by atoms with Gasteiger partial charge in [0.2, 0.25) is 11.8 Å². The molecule has 1 aromatic rings. The van der Waals surface area contributed by atoms with Crippen molar-refractivity contribution in [3.05, 3.63) is 24.3 Å². The first kappa shape index (κ1) is 19.8. The quantitative estimate of drug-likeness (QED) is 0.708. The number of carbonyl (C=O) groups is 2. The molecule has 1 aromatic carbocycles. The van der Waals surface area contributed by atoms with Gasteiger partial charge in [-0.25, -0.2) is 0 Å². The number of amides is 2. The maximum Gasteiger partial charge on any atom is 0.233 e. The topological polar surface area (TPSA) is 70.2 Å². The van der Waals surface area contributed by atoms with E-state index in [9.17, 15) is 9.59 Å². The summed E-state index contributed by atoms with van der Waals surface area (Å²) in [7, 11) is 0. The summed E-state index contributed by atoms with van der Waals surface area (Å²) >= 11 is 1.53. The minimum Gasteiger partial charge on any atom is -0.352 e. The largest absolute Gasteiger partial charge is 0.352 e. The second kappa shape index (κ2) is 9.80. The van der Waals surface area contributed by atoms with E-state index in [2.05, 4.69) is 16.0 Å². The lowest BCUT2D eigenvalue weighted by Crippen LogP contribution is -2.45. The van der Waals surface area contributed by atoms with E-state index in [0.717, 1.165) is 36.5 Å². The smallest absolute Gasteiger partial charge is 0.233 e. The third-order valence-corrected chi connectivity index (χ3v) is 4.65. The Kier molecular flexibility index (Phi) is 8.44. The number of halogens is 1. The van der Waals surface area contributed by atoms with Crippen molar-refractivity contribution in [2.75, 3.05) is 18.4 Å². The fraction of sp³-hybridized carbons (Fsp3) is 0.500. The van der Waals surface area contributed by atoms with Gasteiger partial charge in [0.15, 0.2) is 0 Å². The molecule has 0 spiro atoms.